The predicted octanol–water partition coefficient (Wildman–Crippen LogP) is 4.38. The SMILES string of the molecule is Cc1ccccc1C(=O)CCC(=O)Nc1ccc(OC(C)C)cc1. The zero-order valence-electron chi connectivity index (χ0n) is 14.3. The summed E-state index contributed by atoms with van der Waals surface area (Å²) in [4.78, 5) is 24.2. The number of anilines is 1. The number of amides is 1. The summed E-state index contributed by atoms with van der Waals surface area (Å²) in [5, 5.41) is 2.80. The van der Waals surface area contributed by atoms with Gasteiger partial charge in [-0.2, -0.15) is 0 Å². The number of benzene rings is 2. The summed E-state index contributed by atoms with van der Waals surface area (Å²) in [6.45, 7) is 5.82. The number of ether oxygens (including phenoxy) is 1. The molecule has 2 rings (SSSR count). The van der Waals surface area contributed by atoms with Crippen LogP contribution in [0.15, 0.2) is 48.5 Å². The van der Waals surface area contributed by atoms with Crippen LogP contribution in [0.25, 0.3) is 0 Å². The summed E-state index contributed by atoms with van der Waals surface area (Å²) < 4.78 is 5.56. The van der Waals surface area contributed by atoms with E-state index in [-0.39, 0.29) is 30.6 Å². The van der Waals surface area contributed by atoms with E-state index in [1.54, 1.807) is 18.2 Å². The Hall–Kier alpha value is -2.62. The monoisotopic (exact) mass is 325 g/mol. The lowest BCUT2D eigenvalue weighted by Crippen LogP contribution is -2.14. The topological polar surface area (TPSA) is 55.4 Å². The minimum Gasteiger partial charge on any atom is -0.491 e. The third-order valence-electron chi connectivity index (χ3n) is 3.53. The van der Waals surface area contributed by atoms with Gasteiger partial charge in [-0.25, -0.2) is 0 Å². The van der Waals surface area contributed by atoms with Crippen molar-refractivity contribution in [2.75, 3.05) is 5.32 Å². The van der Waals surface area contributed by atoms with Gasteiger partial charge in [0, 0.05) is 24.1 Å². The predicted molar refractivity (Wildman–Crippen MR) is 95.6 cm³/mol. The molecule has 4 nitrogen and oxygen atoms in total. The average molecular weight is 325 g/mol. The molecule has 4 heteroatoms. The highest BCUT2D eigenvalue weighted by Gasteiger charge is 2.11. The highest BCUT2D eigenvalue weighted by atomic mass is 16.5. The van der Waals surface area contributed by atoms with Crippen LogP contribution in [0.3, 0.4) is 0 Å². The Bertz CT molecular complexity index is 705. The normalized spacial score (nSPS) is 10.5. The minimum absolute atomic E-state index is 0.0102. The molecule has 1 N–H and O–H groups in total. The summed E-state index contributed by atoms with van der Waals surface area (Å²) in [5.41, 5.74) is 2.31. The van der Waals surface area contributed by atoms with Crippen LogP contribution in [0, 0.1) is 6.92 Å². The maximum absolute atomic E-state index is 12.2. The molecule has 126 valence electrons. The third-order valence-corrected chi connectivity index (χ3v) is 3.53. The summed E-state index contributed by atoms with van der Waals surface area (Å²) in [5.74, 6) is 0.580. The first-order chi connectivity index (χ1) is 11.5. The van der Waals surface area contributed by atoms with E-state index >= 15 is 0 Å². The van der Waals surface area contributed by atoms with Crippen LogP contribution >= 0.6 is 0 Å². The first-order valence-electron chi connectivity index (χ1n) is 8.11. The maximum Gasteiger partial charge on any atom is 0.224 e. The van der Waals surface area contributed by atoms with Gasteiger partial charge < -0.3 is 10.1 Å². The number of Topliss-reactive ketones (excluding diaryl/α,β-unsaturated/α-hetero) is 1. The number of hydrogen-bond donors (Lipinski definition) is 1. The van der Waals surface area contributed by atoms with Gasteiger partial charge in [-0.15, -0.1) is 0 Å². The van der Waals surface area contributed by atoms with Crippen LogP contribution in [0.5, 0.6) is 5.75 Å². The highest BCUT2D eigenvalue weighted by molar-refractivity contribution is 6.00. The van der Waals surface area contributed by atoms with Crippen LogP contribution in [-0.2, 0) is 4.79 Å². The Morgan fingerprint density at radius 3 is 2.29 bits per heavy atom. The molecule has 0 unspecified atom stereocenters. The zero-order valence-corrected chi connectivity index (χ0v) is 14.3. The number of nitrogens with one attached hydrogen (secondary N) is 1. The zero-order chi connectivity index (χ0) is 17.5. The summed E-state index contributed by atoms with van der Waals surface area (Å²) in [6, 6.07) is 14.6. The fourth-order valence-electron chi connectivity index (χ4n) is 2.36. The van der Waals surface area contributed by atoms with Crippen molar-refractivity contribution in [3.05, 3.63) is 59.7 Å². The fourth-order valence-corrected chi connectivity index (χ4v) is 2.36. The molecular weight excluding hydrogens is 302 g/mol. The smallest absolute Gasteiger partial charge is 0.224 e. The Morgan fingerprint density at radius 1 is 1.00 bits per heavy atom. The molecule has 0 saturated heterocycles. The van der Waals surface area contributed by atoms with Crippen LogP contribution in [0.2, 0.25) is 0 Å². The van der Waals surface area contributed by atoms with Gasteiger partial charge in [-0.05, 0) is 50.6 Å². The molecule has 0 heterocycles. The second kappa shape index (κ2) is 8.29. The Balaban J connectivity index is 1.85. The van der Waals surface area contributed by atoms with Crippen LogP contribution in [0.4, 0.5) is 5.69 Å². The molecule has 0 aromatic heterocycles. The van der Waals surface area contributed by atoms with Crippen molar-refractivity contribution in [3.63, 3.8) is 0 Å². The second-order valence-electron chi connectivity index (χ2n) is 5.98. The molecule has 0 radical (unpaired) electrons. The molecular formula is C20H23NO3. The molecule has 0 atom stereocenters. The van der Waals surface area contributed by atoms with Crippen molar-refractivity contribution in [2.24, 2.45) is 0 Å². The van der Waals surface area contributed by atoms with E-state index in [4.69, 9.17) is 4.74 Å². The van der Waals surface area contributed by atoms with Crippen molar-refractivity contribution >= 4 is 17.4 Å². The van der Waals surface area contributed by atoms with E-state index < -0.39 is 0 Å². The highest BCUT2D eigenvalue weighted by Crippen LogP contribution is 2.17. The molecule has 24 heavy (non-hydrogen) atoms. The number of aryl methyl sites for hydroxylation is 1. The molecule has 0 bridgehead atoms. The van der Waals surface area contributed by atoms with Gasteiger partial charge in [-0.3, -0.25) is 9.59 Å². The first-order valence-corrected chi connectivity index (χ1v) is 8.11. The van der Waals surface area contributed by atoms with E-state index in [0.29, 0.717) is 11.3 Å². The van der Waals surface area contributed by atoms with Crippen molar-refractivity contribution in [1.29, 1.82) is 0 Å². The lowest BCUT2D eigenvalue weighted by atomic mass is 10.0. The Morgan fingerprint density at radius 2 is 1.67 bits per heavy atom. The molecule has 1 amide bonds. The minimum atomic E-state index is -0.172. The molecule has 0 fully saturated rings. The van der Waals surface area contributed by atoms with Gasteiger partial charge >= 0.3 is 0 Å². The van der Waals surface area contributed by atoms with Gasteiger partial charge in [0.05, 0.1) is 6.10 Å². The van der Waals surface area contributed by atoms with Gasteiger partial charge in [0.2, 0.25) is 5.91 Å². The molecule has 0 saturated carbocycles. The molecule has 2 aromatic rings. The Kier molecular flexibility index (Phi) is 6.13. The van der Waals surface area contributed by atoms with E-state index in [1.807, 2.05) is 51.1 Å². The Labute approximate surface area is 142 Å². The summed E-state index contributed by atoms with van der Waals surface area (Å²) in [7, 11) is 0. The van der Waals surface area contributed by atoms with Gasteiger partial charge in [-0.1, -0.05) is 24.3 Å². The number of rotatable bonds is 7. The van der Waals surface area contributed by atoms with Gasteiger partial charge in [0.1, 0.15) is 5.75 Å². The van der Waals surface area contributed by atoms with Crippen molar-refractivity contribution < 1.29 is 14.3 Å². The molecule has 0 aliphatic rings. The van der Waals surface area contributed by atoms with Crippen molar-refractivity contribution in [3.8, 4) is 5.75 Å². The van der Waals surface area contributed by atoms with E-state index in [2.05, 4.69) is 5.32 Å². The van der Waals surface area contributed by atoms with Crippen molar-refractivity contribution in [2.45, 2.75) is 39.7 Å². The first kappa shape index (κ1) is 17.7. The van der Waals surface area contributed by atoms with Gasteiger partial charge in [0.25, 0.3) is 0 Å². The second-order valence-corrected chi connectivity index (χ2v) is 5.98. The summed E-state index contributed by atoms with van der Waals surface area (Å²) in [6.07, 6.45) is 0.473. The molecule has 0 spiro atoms. The fraction of sp³-hybridized carbons (Fsp3) is 0.300. The standard InChI is InChI=1S/C20H23NO3/c1-14(2)24-17-10-8-16(9-11-17)21-20(23)13-12-19(22)18-7-5-4-6-15(18)3/h4-11,14H,12-13H2,1-3H3,(H,21,23). The quantitative estimate of drug-likeness (QED) is 0.768. The number of hydrogen-bond acceptors (Lipinski definition) is 3. The lowest BCUT2D eigenvalue weighted by Gasteiger charge is -2.10. The van der Waals surface area contributed by atoms with Crippen LogP contribution < -0.4 is 10.1 Å². The lowest BCUT2D eigenvalue weighted by molar-refractivity contribution is -0.116. The third kappa shape index (κ3) is 5.23. The van der Waals surface area contributed by atoms with Crippen molar-refractivity contribution in [1.82, 2.24) is 0 Å². The van der Waals surface area contributed by atoms with Crippen LogP contribution in [0.1, 0.15) is 42.6 Å². The van der Waals surface area contributed by atoms with E-state index in [9.17, 15) is 9.59 Å². The van der Waals surface area contributed by atoms with E-state index in [1.165, 1.54) is 0 Å². The number of carbonyl (C=O) groups excluding carboxylic acids is 2. The van der Waals surface area contributed by atoms with Crippen LogP contribution in [-0.4, -0.2) is 17.8 Å². The van der Waals surface area contributed by atoms with E-state index in [0.717, 1.165) is 11.3 Å². The molecule has 2 aromatic carbocycles. The molecule has 0 aliphatic carbocycles. The number of ketones is 1. The molecule has 0 aliphatic heterocycles. The largest absolute Gasteiger partial charge is 0.491 e. The summed E-state index contributed by atoms with van der Waals surface area (Å²) >= 11 is 0. The maximum atomic E-state index is 12.2. The average Bonchev–Trinajstić information content (AvgIpc) is 2.54. The van der Waals surface area contributed by atoms with Gasteiger partial charge in [0.15, 0.2) is 5.78 Å². The number of carbonyl (C=O) groups is 2.